The minimum atomic E-state index is -3.75. The Morgan fingerprint density at radius 3 is 2.29 bits per heavy atom. The first-order valence-corrected chi connectivity index (χ1v) is 6.76. The number of carbonyl (C=O) groups is 1. The molecule has 0 spiro atoms. The number of nitrogens with two attached hydrogens (primary N) is 1. The second-order valence-electron chi connectivity index (χ2n) is 4.58. The van der Waals surface area contributed by atoms with Gasteiger partial charge in [-0.15, -0.1) is 0 Å². The third-order valence-electron chi connectivity index (χ3n) is 3.01. The van der Waals surface area contributed by atoms with Gasteiger partial charge in [0.2, 0.25) is 16.4 Å². The molecule has 0 saturated heterocycles. The molecule has 0 aromatic carbocycles. The van der Waals surface area contributed by atoms with Crippen molar-refractivity contribution in [1.82, 2.24) is 4.72 Å². The van der Waals surface area contributed by atoms with Gasteiger partial charge in [0.1, 0.15) is 5.54 Å². The minimum Gasteiger partial charge on any atom is -0.317 e. The lowest BCUT2D eigenvalue weighted by Crippen LogP contribution is -2.59. The van der Waals surface area contributed by atoms with Crippen LogP contribution in [0.2, 0.25) is 0 Å². The number of alkyl halides is 2. The molecule has 0 aromatic heterocycles. The van der Waals surface area contributed by atoms with E-state index in [1.54, 1.807) is 4.72 Å². The van der Waals surface area contributed by atoms with E-state index in [9.17, 15) is 22.0 Å². The second kappa shape index (κ2) is 4.49. The Morgan fingerprint density at radius 2 is 1.94 bits per heavy atom. The van der Waals surface area contributed by atoms with Gasteiger partial charge in [-0.1, -0.05) is 6.92 Å². The first kappa shape index (κ1) is 14.3. The quantitative estimate of drug-likeness (QED) is 0.747. The number of nitrogens with one attached hydrogen (secondary N) is 1. The molecule has 0 heterocycles. The fourth-order valence-corrected chi connectivity index (χ4v) is 2.57. The van der Waals surface area contributed by atoms with Gasteiger partial charge in [-0.25, -0.2) is 17.2 Å². The number of rotatable bonds is 5. The highest BCUT2D eigenvalue weighted by Gasteiger charge is 2.44. The lowest BCUT2D eigenvalue weighted by molar-refractivity contribution is -0.128. The van der Waals surface area contributed by atoms with Crippen LogP contribution in [0.3, 0.4) is 0 Å². The van der Waals surface area contributed by atoms with Crippen molar-refractivity contribution in [2.45, 2.75) is 43.9 Å². The second-order valence-corrected chi connectivity index (χ2v) is 6.54. The first-order valence-electron chi connectivity index (χ1n) is 5.22. The summed E-state index contributed by atoms with van der Waals surface area (Å²) in [4.78, 5) is 11.6. The Hall–Kier alpha value is -0.760. The van der Waals surface area contributed by atoms with Crippen molar-refractivity contribution in [3.63, 3.8) is 0 Å². The van der Waals surface area contributed by atoms with Gasteiger partial charge in [0.05, 0.1) is 5.25 Å². The number of sulfonamides is 1. The van der Waals surface area contributed by atoms with E-state index in [0.29, 0.717) is 12.8 Å². The van der Waals surface area contributed by atoms with Gasteiger partial charge >= 0.3 is 0 Å². The van der Waals surface area contributed by atoms with E-state index in [1.165, 1.54) is 0 Å². The number of carbonyl (C=O) groups excluding carboxylic acids is 1. The lowest BCUT2D eigenvalue weighted by Gasteiger charge is -2.29. The zero-order valence-electron chi connectivity index (χ0n) is 9.61. The molecule has 1 fully saturated rings. The molecule has 2 atom stereocenters. The number of hydrogen-bond acceptors (Lipinski definition) is 4. The monoisotopic (exact) mass is 270 g/mol. The van der Waals surface area contributed by atoms with Crippen LogP contribution in [0.5, 0.6) is 0 Å². The molecule has 1 saturated carbocycles. The normalized spacial score (nSPS) is 22.0. The summed E-state index contributed by atoms with van der Waals surface area (Å²) in [6.07, 6.45) is -1.83. The zero-order chi connectivity index (χ0) is 13.4. The van der Waals surface area contributed by atoms with Crippen LogP contribution in [0.25, 0.3) is 0 Å². The summed E-state index contributed by atoms with van der Waals surface area (Å²) in [7, 11) is -3.75. The molecule has 8 heteroatoms. The van der Waals surface area contributed by atoms with Crippen molar-refractivity contribution in [2.75, 3.05) is 0 Å². The van der Waals surface area contributed by atoms with E-state index >= 15 is 0 Å². The van der Waals surface area contributed by atoms with Gasteiger partial charge in [-0.2, -0.15) is 0 Å². The zero-order valence-corrected chi connectivity index (χ0v) is 10.4. The lowest BCUT2D eigenvalue weighted by atomic mass is 9.88. The summed E-state index contributed by atoms with van der Waals surface area (Å²) in [5.74, 6) is -2.52. The molecule has 1 aliphatic carbocycles. The highest BCUT2D eigenvalue weighted by Crippen LogP contribution is 2.28. The smallest absolute Gasteiger partial charge is 0.253 e. The summed E-state index contributed by atoms with van der Waals surface area (Å²) >= 11 is 0. The average molecular weight is 270 g/mol. The maximum absolute atomic E-state index is 12.5. The SMILES string of the molecule is C[C@@H](C(F)F)[C@@](C)(N)C(=O)NS(=O)(=O)C1CC1. The molecule has 17 heavy (non-hydrogen) atoms. The van der Waals surface area contributed by atoms with Gasteiger partial charge in [0.25, 0.3) is 5.91 Å². The summed E-state index contributed by atoms with van der Waals surface area (Å²) in [6.45, 7) is 2.20. The van der Waals surface area contributed by atoms with Crippen molar-refractivity contribution in [3.05, 3.63) is 0 Å². The van der Waals surface area contributed by atoms with Crippen molar-refractivity contribution < 1.29 is 22.0 Å². The molecule has 0 aliphatic heterocycles. The largest absolute Gasteiger partial charge is 0.317 e. The first-order chi connectivity index (χ1) is 7.59. The number of amides is 1. The predicted molar refractivity (Wildman–Crippen MR) is 57.8 cm³/mol. The standard InChI is InChI=1S/C9H16F2N2O3S/c1-5(7(10)11)9(2,12)8(14)13-17(15,16)6-3-4-6/h5-7H,3-4,12H2,1-2H3,(H,13,14)/t5-,9+/m0/s1. The van der Waals surface area contributed by atoms with Crippen LogP contribution < -0.4 is 10.5 Å². The number of halogens is 2. The highest BCUT2D eigenvalue weighted by molar-refractivity contribution is 7.90. The van der Waals surface area contributed by atoms with Gasteiger partial charge < -0.3 is 5.73 Å². The van der Waals surface area contributed by atoms with E-state index in [2.05, 4.69) is 0 Å². The Morgan fingerprint density at radius 1 is 1.47 bits per heavy atom. The van der Waals surface area contributed by atoms with Gasteiger partial charge in [0, 0.05) is 5.92 Å². The van der Waals surface area contributed by atoms with Crippen LogP contribution in [0.15, 0.2) is 0 Å². The molecule has 5 nitrogen and oxygen atoms in total. The van der Waals surface area contributed by atoms with E-state index in [4.69, 9.17) is 5.73 Å². The maximum Gasteiger partial charge on any atom is 0.253 e. The van der Waals surface area contributed by atoms with Crippen LogP contribution in [0.4, 0.5) is 8.78 Å². The minimum absolute atomic E-state index is 0.480. The Labute approximate surface area is 98.8 Å². The van der Waals surface area contributed by atoms with Crippen LogP contribution in [-0.4, -0.2) is 31.5 Å². The Balaban J connectivity index is 2.75. The molecule has 1 aliphatic rings. The molecule has 0 aromatic rings. The van der Waals surface area contributed by atoms with Gasteiger partial charge in [-0.05, 0) is 19.8 Å². The van der Waals surface area contributed by atoms with Crippen LogP contribution in [0, 0.1) is 5.92 Å². The summed E-state index contributed by atoms with van der Waals surface area (Å²) in [5.41, 5.74) is 3.56. The maximum atomic E-state index is 12.5. The molecule has 0 unspecified atom stereocenters. The molecular formula is C9H16F2N2O3S. The Kier molecular flexibility index (Phi) is 3.78. The van der Waals surface area contributed by atoms with Gasteiger partial charge in [0.15, 0.2) is 0 Å². The van der Waals surface area contributed by atoms with Crippen LogP contribution in [-0.2, 0) is 14.8 Å². The number of hydrogen-bond donors (Lipinski definition) is 2. The molecule has 0 radical (unpaired) electrons. The van der Waals surface area contributed by atoms with E-state index in [0.717, 1.165) is 13.8 Å². The van der Waals surface area contributed by atoms with Crippen LogP contribution in [0.1, 0.15) is 26.7 Å². The molecule has 1 rings (SSSR count). The molecule has 0 bridgehead atoms. The van der Waals surface area contributed by atoms with Crippen molar-refractivity contribution in [2.24, 2.45) is 11.7 Å². The summed E-state index contributed by atoms with van der Waals surface area (Å²) in [6, 6.07) is 0. The third-order valence-corrected chi connectivity index (χ3v) is 4.83. The topological polar surface area (TPSA) is 89.3 Å². The summed E-state index contributed by atoms with van der Waals surface area (Å²) in [5, 5.41) is -0.593. The molecular weight excluding hydrogens is 254 g/mol. The summed E-state index contributed by atoms with van der Waals surface area (Å²) < 4.78 is 49.7. The molecule has 3 N–H and O–H groups in total. The van der Waals surface area contributed by atoms with E-state index in [-0.39, 0.29) is 0 Å². The molecule has 100 valence electrons. The van der Waals surface area contributed by atoms with Crippen molar-refractivity contribution >= 4 is 15.9 Å². The average Bonchev–Trinajstić information content (AvgIpc) is 2.98. The highest BCUT2D eigenvalue weighted by atomic mass is 32.2. The van der Waals surface area contributed by atoms with Crippen LogP contribution >= 0.6 is 0 Å². The van der Waals surface area contributed by atoms with Crippen molar-refractivity contribution in [1.29, 1.82) is 0 Å². The van der Waals surface area contributed by atoms with E-state index in [1.807, 2.05) is 0 Å². The fourth-order valence-electron chi connectivity index (χ4n) is 1.17. The predicted octanol–water partition coefficient (Wildman–Crippen LogP) is 0.213. The molecule has 1 amide bonds. The van der Waals surface area contributed by atoms with Gasteiger partial charge in [-0.3, -0.25) is 9.52 Å². The fraction of sp³-hybridized carbons (Fsp3) is 0.889. The Bertz CT molecular complexity index is 404. The van der Waals surface area contributed by atoms with Crippen molar-refractivity contribution in [3.8, 4) is 0 Å². The van der Waals surface area contributed by atoms with E-state index < -0.39 is 39.1 Å². The third kappa shape index (κ3) is 3.12.